The van der Waals surface area contributed by atoms with Gasteiger partial charge in [-0.15, -0.1) is 0 Å². The molecule has 0 aromatic heterocycles. The summed E-state index contributed by atoms with van der Waals surface area (Å²) >= 11 is 0. The first-order chi connectivity index (χ1) is 5.77. The van der Waals surface area contributed by atoms with E-state index in [0.717, 1.165) is 12.8 Å². The molecule has 0 aliphatic rings. The second-order valence-electron chi connectivity index (χ2n) is 2.02. The third-order valence-electron chi connectivity index (χ3n) is 0.961. The molecular weight excluding hydrogens is 152 g/mol. The highest BCUT2D eigenvalue weighted by molar-refractivity contribution is 5.87. The van der Waals surface area contributed by atoms with Crippen LogP contribution < -0.4 is 0 Å². The smallest absolute Gasteiger partial charge is 0.382 e. The Bertz CT molecular complexity index is 278. The van der Waals surface area contributed by atoms with E-state index >= 15 is 0 Å². The van der Waals surface area contributed by atoms with E-state index in [1.807, 2.05) is 12.0 Å². The largest absolute Gasteiger partial charge is 0.472 e. The zero-order chi connectivity index (χ0) is 9.23. The maximum atomic E-state index is 9.88. The summed E-state index contributed by atoms with van der Waals surface area (Å²) in [6.07, 6.45) is 5.68. The van der Waals surface area contributed by atoms with E-state index in [1.165, 1.54) is 0 Å². The first kappa shape index (κ1) is 10.3. The molecule has 0 unspecified atom stereocenters. The van der Waals surface area contributed by atoms with Gasteiger partial charge in [0.2, 0.25) is 0 Å². The predicted molar refractivity (Wildman–Crippen MR) is 47.2 cm³/mol. The number of rotatable bonds is 2. The topological polar surface area (TPSA) is 37.3 Å². The molecule has 0 aromatic carbocycles. The van der Waals surface area contributed by atoms with E-state index in [4.69, 9.17) is 5.11 Å². The van der Waals surface area contributed by atoms with Gasteiger partial charge in [-0.1, -0.05) is 25.3 Å². The molecule has 62 valence electrons. The predicted octanol–water partition coefficient (Wildman–Crippen LogP) is 1.43. The Balaban J connectivity index is 3.77. The number of aliphatic carboxylic acids is 1. The van der Waals surface area contributed by atoms with E-state index in [0.29, 0.717) is 0 Å². The van der Waals surface area contributed by atoms with Gasteiger partial charge in [0.05, 0.1) is 0 Å². The van der Waals surface area contributed by atoms with Gasteiger partial charge in [0.1, 0.15) is 0 Å². The van der Waals surface area contributed by atoms with E-state index in [9.17, 15) is 4.79 Å². The zero-order valence-corrected chi connectivity index (χ0v) is 6.92. The van der Waals surface area contributed by atoms with Crippen LogP contribution in [-0.2, 0) is 4.79 Å². The lowest BCUT2D eigenvalue weighted by atomic mass is 10.3. The lowest BCUT2D eigenvalue weighted by Crippen LogP contribution is -1.85. The van der Waals surface area contributed by atoms with Gasteiger partial charge in [-0.2, -0.15) is 0 Å². The average molecular weight is 162 g/mol. The van der Waals surface area contributed by atoms with Gasteiger partial charge in [-0.25, -0.2) is 4.79 Å². The number of carbonyl (C=O) groups is 1. The van der Waals surface area contributed by atoms with Crippen LogP contribution in [0.4, 0.5) is 0 Å². The molecule has 0 spiro atoms. The van der Waals surface area contributed by atoms with Crippen molar-refractivity contribution in [2.45, 2.75) is 19.8 Å². The van der Waals surface area contributed by atoms with Crippen molar-refractivity contribution in [3.05, 3.63) is 12.2 Å². The number of hydrogen-bond acceptors (Lipinski definition) is 1. The molecule has 1 N–H and O–H groups in total. The van der Waals surface area contributed by atoms with Crippen LogP contribution in [0, 0.1) is 23.7 Å². The fraction of sp³-hybridized carbons (Fsp3) is 0.300. The minimum absolute atomic E-state index is 0.987. The van der Waals surface area contributed by atoms with Crippen LogP contribution in [0.2, 0.25) is 0 Å². The minimum atomic E-state index is -1.15. The van der Waals surface area contributed by atoms with Crippen molar-refractivity contribution in [1.82, 2.24) is 0 Å². The van der Waals surface area contributed by atoms with Gasteiger partial charge in [0.15, 0.2) is 0 Å². The summed E-state index contributed by atoms with van der Waals surface area (Å²) < 4.78 is 0. The lowest BCUT2D eigenvalue weighted by Gasteiger charge is -1.76. The second-order valence-corrected chi connectivity index (χ2v) is 2.02. The van der Waals surface area contributed by atoms with Gasteiger partial charge in [-0.3, -0.25) is 0 Å². The van der Waals surface area contributed by atoms with Crippen LogP contribution in [0.1, 0.15) is 19.8 Å². The highest BCUT2D eigenvalue weighted by atomic mass is 16.4. The molecule has 0 heterocycles. The van der Waals surface area contributed by atoms with Crippen LogP contribution in [0.3, 0.4) is 0 Å². The number of unbranched alkanes of at least 4 members (excludes halogenated alkanes) is 1. The van der Waals surface area contributed by atoms with Crippen molar-refractivity contribution >= 4 is 5.97 Å². The lowest BCUT2D eigenvalue weighted by molar-refractivity contribution is -0.130. The Kier molecular flexibility index (Phi) is 6.40. The Labute approximate surface area is 72.3 Å². The number of carboxylic acids is 1. The molecule has 12 heavy (non-hydrogen) atoms. The molecule has 2 nitrogen and oxygen atoms in total. The molecule has 0 rings (SSSR count). The van der Waals surface area contributed by atoms with Gasteiger partial charge < -0.3 is 5.11 Å². The summed E-state index contributed by atoms with van der Waals surface area (Å²) in [4.78, 5) is 9.88. The second kappa shape index (κ2) is 7.44. The Morgan fingerprint density at radius 3 is 2.83 bits per heavy atom. The molecule has 2 heteroatoms. The summed E-state index contributed by atoms with van der Waals surface area (Å²) in [7, 11) is 0. The Morgan fingerprint density at radius 1 is 1.50 bits per heavy atom. The number of hydrogen-bond donors (Lipinski definition) is 1. The molecule has 0 saturated heterocycles. The summed E-state index contributed by atoms with van der Waals surface area (Å²) in [5.41, 5.74) is 0. The van der Waals surface area contributed by atoms with Crippen molar-refractivity contribution in [3.63, 3.8) is 0 Å². The molecule has 0 aliphatic heterocycles. The molecule has 0 amide bonds. The molecule has 0 saturated carbocycles. The Hall–Kier alpha value is -1.67. The van der Waals surface area contributed by atoms with E-state index < -0.39 is 5.97 Å². The standard InChI is InChI=1S/C10H10O2/c1-2-3-4-5-6-7-8-9-10(11)12/h4-5H,2-3H2,1H3,(H,11,12). The van der Waals surface area contributed by atoms with E-state index in [1.54, 1.807) is 6.08 Å². The van der Waals surface area contributed by atoms with Crippen molar-refractivity contribution in [2.24, 2.45) is 0 Å². The minimum Gasteiger partial charge on any atom is -0.472 e. The van der Waals surface area contributed by atoms with E-state index in [-0.39, 0.29) is 0 Å². The van der Waals surface area contributed by atoms with Crippen LogP contribution in [0.5, 0.6) is 0 Å². The summed E-state index contributed by atoms with van der Waals surface area (Å²) in [5.74, 6) is 7.95. The number of carboxylic acid groups (broad SMARTS) is 1. The first-order valence-corrected chi connectivity index (χ1v) is 3.67. The van der Waals surface area contributed by atoms with Crippen LogP contribution in [0.15, 0.2) is 12.2 Å². The van der Waals surface area contributed by atoms with Gasteiger partial charge in [0.25, 0.3) is 0 Å². The third-order valence-corrected chi connectivity index (χ3v) is 0.961. The molecule has 0 aromatic rings. The van der Waals surface area contributed by atoms with Crippen LogP contribution in [0.25, 0.3) is 0 Å². The average Bonchev–Trinajstić information content (AvgIpc) is 2.02. The first-order valence-electron chi connectivity index (χ1n) is 3.67. The summed E-state index contributed by atoms with van der Waals surface area (Å²) in [6, 6.07) is 0. The maximum Gasteiger partial charge on any atom is 0.382 e. The monoisotopic (exact) mass is 162 g/mol. The zero-order valence-electron chi connectivity index (χ0n) is 6.92. The highest BCUT2D eigenvalue weighted by Gasteiger charge is 1.78. The van der Waals surface area contributed by atoms with E-state index in [2.05, 4.69) is 24.7 Å². The molecule has 0 radical (unpaired) electrons. The van der Waals surface area contributed by atoms with Crippen molar-refractivity contribution in [1.29, 1.82) is 0 Å². The fourth-order valence-corrected chi connectivity index (χ4v) is 0.471. The molecule has 0 bridgehead atoms. The molecular formula is C10H10O2. The van der Waals surface area contributed by atoms with Crippen molar-refractivity contribution in [3.8, 4) is 23.7 Å². The maximum absolute atomic E-state index is 9.88. The van der Waals surface area contributed by atoms with Crippen molar-refractivity contribution in [2.75, 3.05) is 0 Å². The van der Waals surface area contributed by atoms with Crippen LogP contribution in [-0.4, -0.2) is 11.1 Å². The van der Waals surface area contributed by atoms with Gasteiger partial charge in [0, 0.05) is 5.92 Å². The molecule has 0 atom stereocenters. The fourth-order valence-electron chi connectivity index (χ4n) is 0.471. The van der Waals surface area contributed by atoms with Gasteiger partial charge in [-0.05, 0) is 24.3 Å². The molecule has 0 aliphatic carbocycles. The van der Waals surface area contributed by atoms with Crippen molar-refractivity contribution < 1.29 is 9.90 Å². The highest BCUT2D eigenvalue weighted by Crippen LogP contribution is 1.86. The third kappa shape index (κ3) is 8.33. The quantitative estimate of drug-likeness (QED) is 0.624. The normalized spacial score (nSPS) is 8.08. The van der Waals surface area contributed by atoms with Gasteiger partial charge >= 0.3 is 5.97 Å². The SMILES string of the molecule is CCCC=CC#CC#CC(=O)O. The molecule has 0 fully saturated rings. The van der Waals surface area contributed by atoms with Crippen LogP contribution >= 0.6 is 0 Å². The number of allylic oxidation sites excluding steroid dienone is 2. The Morgan fingerprint density at radius 2 is 2.25 bits per heavy atom. The summed E-state index contributed by atoms with van der Waals surface area (Å²) in [6.45, 7) is 2.07. The summed E-state index contributed by atoms with van der Waals surface area (Å²) in [5, 5.41) is 8.09.